The lowest BCUT2D eigenvalue weighted by Gasteiger charge is -2.22. The van der Waals surface area contributed by atoms with Gasteiger partial charge in [0, 0.05) is 20.2 Å². The Morgan fingerprint density at radius 1 is 1.48 bits per heavy atom. The van der Waals surface area contributed by atoms with Crippen molar-refractivity contribution in [2.45, 2.75) is 4.90 Å². The molecule has 3 N–H and O–H groups in total. The predicted molar refractivity (Wildman–Crippen MR) is 80.0 cm³/mol. The number of thiocarbonyl (C=S) groups is 1. The largest absolute Gasteiger partial charge is 0.395 e. The molecule has 0 saturated heterocycles. The van der Waals surface area contributed by atoms with E-state index in [0.717, 1.165) is 10.4 Å². The molecule has 1 aromatic carbocycles. The number of ether oxygens (including phenoxy) is 1. The number of hydrogen-bond acceptors (Lipinski definition) is 5. The zero-order valence-corrected chi connectivity index (χ0v) is 13.1. The van der Waals surface area contributed by atoms with Crippen molar-refractivity contribution in [3.8, 4) is 0 Å². The van der Waals surface area contributed by atoms with Gasteiger partial charge >= 0.3 is 0 Å². The Kier molecular flexibility index (Phi) is 6.62. The zero-order valence-electron chi connectivity index (χ0n) is 11.5. The first kappa shape index (κ1) is 17.9. The van der Waals surface area contributed by atoms with E-state index in [4.69, 9.17) is 27.8 Å². The van der Waals surface area contributed by atoms with Crippen LogP contribution in [-0.2, 0) is 14.8 Å². The third-order valence-electron chi connectivity index (χ3n) is 2.73. The predicted octanol–water partition coefficient (Wildman–Crippen LogP) is 0.0893. The fourth-order valence-electron chi connectivity index (χ4n) is 1.75. The number of rotatable bonds is 8. The summed E-state index contributed by atoms with van der Waals surface area (Å²) in [6, 6.07) is 3.57. The highest BCUT2D eigenvalue weighted by Gasteiger charge is 2.28. The van der Waals surface area contributed by atoms with Gasteiger partial charge in [0.1, 0.15) is 10.8 Å². The maximum atomic E-state index is 13.8. The first-order chi connectivity index (χ1) is 9.86. The van der Waals surface area contributed by atoms with Crippen LogP contribution in [-0.4, -0.2) is 56.2 Å². The molecule has 0 unspecified atom stereocenters. The van der Waals surface area contributed by atoms with Crippen LogP contribution in [0.4, 0.5) is 4.39 Å². The molecule has 0 aliphatic carbocycles. The second-order valence-corrected chi connectivity index (χ2v) is 6.44. The van der Waals surface area contributed by atoms with Crippen molar-refractivity contribution in [3.63, 3.8) is 0 Å². The van der Waals surface area contributed by atoms with E-state index >= 15 is 0 Å². The molecule has 1 aromatic rings. The summed E-state index contributed by atoms with van der Waals surface area (Å²) in [6.07, 6.45) is 0. The summed E-state index contributed by atoms with van der Waals surface area (Å²) in [5.41, 5.74) is 5.09. The van der Waals surface area contributed by atoms with Gasteiger partial charge in [-0.05, 0) is 12.1 Å². The molecule has 0 bridgehead atoms. The number of hydrogen-bond donors (Lipinski definition) is 2. The maximum Gasteiger partial charge on any atom is 0.244 e. The first-order valence-electron chi connectivity index (χ1n) is 6.04. The topological polar surface area (TPSA) is 92.9 Å². The standard InChI is InChI=1S/C12H17FN2O4S2/c1-19-8-6-15(5-7-16)21(17,18)10-4-2-3-9(13)11(10)12(14)20/h2-4,16H,5-8H2,1H3,(H2,14,20). The molecule has 1 rings (SSSR count). The van der Waals surface area contributed by atoms with Gasteiger partial charge in [0.15, 0.2) is 0 Å². The van der Waals surface area contributed by atoms with Crippen LogP contribution in [0, 0.1) is 5.82 Å². The van der Waals surface area contributed by atoms with Gasteiger partial charge in [-0.1, -0.05) is 18.3 Å². The first-order valence-corrected chi connectivity index (χ1v) is 7.89. The van der Waals surface area contributed by atoms with Crippen molar-refractivity contribution in [1.29, 1.82) is 0 Å². The van der Waals surface area contributed by atoms with Gasteiger partial charge in [-0.3, -0.25) is 0 Å². The Hall–Kier alpha value is -1.13. The molecule has 6 nitrogen and oxygen atoms in total. The number of aliphatic hydroxyl groups is 1. The van der Waals surface area contributed by atoms with Crippen LogP contribution in [0.3, 0.4) is 0 Å². The van der Waals surface area contributed by atoms with Crippen LogP contribution in [0.15, 0.2) is 23.1 Å². The summed E-state index contributed by atoms with van der Waals surface area (Å²) in [7, 11) is -2.62. The molecule has 0 radical (unpaired) electrons. The van der Waals surface area contributed by atoms with Crippen LogP contribution in [0.5, 0.6) is 0 Å². The lowest BCUT2D eigenvalue weighted by Crippen LogP contribution is -2.37. The zero-order chi connectivity index (χ0) is 16.0. The van der Waals surface area contributed by atoms with Crippen LogP contribution in [0.1, 0.15) is 5.56 Å². The minimum Gasteiger partial charge on any atom is -0.395 e. The summed E-state index contributed by atoms with van der Waals surface area (Å²) in [6.45, 7) is -0.358. The molecule has 0 heterocycles. The number of halogens is 1. The van der Waals surface area contributed by atoms with Crippen molar-refractivity contribution < 1.29 is 22.7 Å². The van der Waals surface area contributed by atoms with Gasteiger partial charge < -0.3 is 15.6 Å². The third-order valence-corrected chi connectivity index (χ3v) is 4.88. The number of sulfonamides is 1. The summed E-state index contributed by atoms with van der Waals surface area (Å²) in [5, 5.41) is 9.01. The van der Waals surface area contributed by atoms with Gasteiger partial charge in [-0.25, -0.2) is 12.8 Å². The van der Waals surface area contributed by atoms with E-state index < -0.39 is 15.8 Å². The van der Waals surface area contributed by atoms with Crippen LogP contribution < -0.4 is 5.73 Å². The van der Waals surface area contributed by atoms with Crippen LogP contribution >= 0.6 is 12.2 Å². The van der Waals surface area contributed by atoms with Crippen molar-refractivity contribution in [2.24, 2.45) is 5.73 Å². The van der Waals surface area contributed by atoms with Gasteiger partial charge in [-0.2, -0.15) is 4.31 Å². The van der Waals surface area contributed by atoms with Gasteiger partial charge in [-0.15, -0.1) is 0 Å². The second kappa shape index (κ2) is 7.76. The third kappa shape index (κ3) is 4.17. The van der Waals surface area contributed by atoms with Gasteiger partial charge in [0.2, 0.25) is 10.0 Å². The van der Waals surface area contributed by atoms with Crippen molar-refractivity contribution in [2.75, 3.05) is 33.4 Å². The number of aliphatic hydroxyl groups excluding tert-OH is 1. The smallest absolute Gasteiger partial charge is 0.244 e. The van der Waals surface area contributed by atoms with E-state index in [1.54, 1.807) is 0 Å². The molecule has 0 aliphatic rings. The summed E-state index contributed by atoms with van der Waals surface area (Å²) in [4.78, 5) is -0.665. The van der Waals surface area contributed by atoms with E-state index in [1.807, 2.05) is 0 Å². The minimum absolute atomic E-state index is 0.0205. The highest BCUT2D eigenvalue weighted by molar-refractivity contribution is 7.89. The quantitative estimate of drug-likeness (QED) is 0.654. The molecule has 21 heavy (non-hydrogen) atoms. The molecule has 9 heteroatoms. The normalized spacial score (nSPS) is 11.8. The SMILES string of the molecule is COCCN(CCO)S(=O)(=O)c1cccc(F)c1C(N)=S. The van der Waals surface area contributed by atoms with Crippen LogP contribution in [0.2, 0.25) is 0 Å². The van der Waals surface area contributed by atoms with Gasteiger partial charge in [0.25, 0.3) is 0 Å². The van der Waals surface area contributed by atoms with E-state index in [0.29, 0.717) is 0 Å². The number of nitrogens with zero attached hydrogens (tertiary/aromatic N) is 1. The highest BCUT2D eigenvalue weighted by Crippen LogP contribution is 2.22. The Bertz CT molecular complexity index is 607. The molecule has 0 saturated carbocycles. The minimum atomic E-state index is -4.05. The number of benzene rings is 1. The van der Waals surface area contributed by atoms with Crippen molar-refractivity contribution in [3.05, 3.63) is 29.6 Å². The molecular formula is C12H17FN2O4S2. The van der Waals surface area contributed by atoms with E-state index in [9.17, 15) is 12.8 Å². The molecule has 0 fully saturated rings. The fourth-order valence-corrected chi connectivity index (χ4v) is 3.66. The molecule has 0 aromatic heterocycles. The van der Waals surface area contributed by atoms with Gasteiger partial charge in [0.05, 0.1) is 23.7 Å². The van der Waals surface area contributed by atoms with Crippen LogP contribution in [0.25, 0.3) is 0 Å². The Labute approximate surface area is 128 Å². The summed E-state index contributed by atoms with van der Waals surface area (Å²) >= 11 is 4.73. The lowest BCUT2D eigenvalue weighted by atomic mass is 10.2. The maximum absolute atomic E-state index is 13.8. The molecule has 118 valence electrons. The van der Waals surface area contributed by atoms with Crippen molar-refractivity contribution >= 4 is 27.2 Å². The fraction of sp³-hybridized carbons (Fsp3) is 0.417. The average molecular weight is 336 g/mol. The monoisotopic (exact) mass is 336 g/mol. The lowest BCUT2D eigenvalue weighted by molar-refractivity contribution is 0.168. The average Bonchev–Trinajstić information content (AvgIpc) is 2.42. The van der Waals surface area contributed by atoms with E-state index in [2.05, 4.69) is 0 Å². The summed E-state index contributed by atoms with van der Waals surface area (Å²) in [5.74, 6) is -0.806. The second-order valence-electron chi connectivity index (χ2n) is 4.10. The number of methoxy groups -OCH3 is 1. The Morgan fingerprint density at radius 2 is 2.14 bits per heavy atom. The Balaban J connectivity index is 3.34. The highest BCUT2D eigenvalue weighted by atomic mass is 32.2. The molecule has 0 aliphatic heterocycles. The molecular weight excluding hydrogens is 319 g/mol. The van der Waals surface area contributed by atoms with Crippen molar-refractivity contribution in [1.82, 2.24) is 4.31 Å². The molecule has 0 amide bonds. The molecule has 0 spiro atoms. The number of nitrogens with two attached hydrogens (primary N) is 1. The molecule has 0 atom stereocenters. The summed E-state index contributed by atoms with van der Waals surface area (Å²) < 4.78 is 44.8. The van der Waals surface area contributed by atoms with E-state index in [1.165, 1.54) is 19.2 Å². The Morgan fingerprint density at radius 3 is 2.67 bits per heavy atom. The van der Waals surface area contributed by atoms with E-state index in [-0.39, 0.29) is 41.8 Å².